The highest BCUT2D eigenvalue weighted by atomic mass is 16.2. The van der Waals surface area contributed by atoms with E-state index < -0.39 is 17.5 Å². The van der Waals surface area contributed by atoms with Crippen molar-refractivity contribution in [3.05, 3.63) is 70.8 Å². The Bertz CT molecular complexity index is 968. The van der Waals surface area contributed by atoms with Gasteiger partial charge in [-0.1, -0.05) is 62.4 Å². The Morgan fingerprint density at radius 2 is 1.73 bits per heavy atom. The molecular weight excluding hydrogens is 378 g/mol. The maximum Gasteiger partial charge on any atom is 0.325 e. The molecule has 2 aromatic carbocycles. The van der Waals surface area contributed by atoms with Crippen molar-refractivity contribution in [2.45, 2.75) is 45.7 Å². The van der Waals surface area contributed by atoms with E-state index in [1.54, 1.807) is 14.0 Å². The number of amides is 4. The number of benzene rings is 2. The van der Waals surface area contributed by atoms with Crippen LogP contribution in [0, 0.1) is 6.92 Å². The quantitative estimate of drug-likeness (QED) is 0.745. The molecule has 1 unspecified atom stereocenters. The van der Waals surface area contributed by atoms with Crippen molar-refractivity contribution in [3.63, 3.8) is 0 Å². The zero-order chi connectivity index (χ0) is 22.1. The number of hydrogen-bond acceptors (Lipinski definition) is 3. The number of imide groups is 1. The lowest BCUT2D eigenvalue weighted by Crippen LogP contribution is -2.43. The number of nitrogens with one attached hydrogen (secondary N) is 1. The maximum atomic E-state index is 13.1. The third kappa shape index (κ3) is 4.08. The highest BCUT2D eigenvalue weighted by Gasteiger charge is 2.49. The number of carbonyl (C=O) groups excluding carboxylic acids is 3. The second-order valence-corrected chi connectivity index (χ2v) is 8.40. The Balaban J connectivity index is 1.72. The molecular formula is C24H29N3O3. The summed E-state index contributed by atoms with van der Waals surface area (Å²) < 4.78 is 0. The van der Waals surface area contributed by atoms with E-state index in [1.807, 2.05) is 55.5 Å². The van der Waals surface area contributed by atoms with Gasteiger partial charge in [0.1, 0.15) is 12.1 Å². The zero-order valence-corrected chi connectivity index (χ0v) is 18.2. The summed E-state index contributed by atoms with van der Waals surface area (Å²) >= 11 is 0. The SMILES string of the molecule is Cc1ccccc1CN(C)C(=O)CN1C(=O)NC(C)(c2ccc(C(C)C)cc2)C1=O. The minimum atomic E-state index is -1.18. The largest absolute Gasteiger partial charge is 0.340 e. The highest BCUT2D eigenvalue weighted by Crippen LogP contribution is 2.30. The summed E-state index contributed by atoms with van der Waals surface area (Å²) in [4.78, 5) is 40.9. The predicted molar refractivity (Wildman–Crippen MR) is 116 cm³/mol. The average molecular weight is 408 g/mol. The van der Waals surface area contributed by atoms with Gasteiger partial charge in [0, 0.05) is 13.6 Å². The lowest BCUT2D eigenvalue weighted by Gasteiger charge is -2.24. The van der Waals surface area contributed by atoms with E-state index in [9.17, 15) is 14.4 Å². The van der Waals surface area contributed by atoms with Crippen molar-refractivity contribution in [2.24, 2.45) is 0 Å². The number of rotatable bonds is 6. The number of nitrogens with zero attached hydrogens (tertiary/aromatic N) is 2. The summed E-state index contributed by atoms with van der Waals surface area (Å²) in [7, 11) is 1.68. The van der Waals surface area contributed by atoms with Gasteiger partial charge in [-0.05, 0) is 42.0 Å². The van der Waals surface area contributed by atoms with Gasteiger partial charge in [-0.15, -0.1) is 0 Å². The fourth-order valence-corrected chi connectivity index (χ4v) is 3.62. The first-order valence-electron chi connectivity index (χ1n) is 10.2. The fraction of sp³-hybridized carbons (Fsp3) is 0.375. The van der Waals surface area contributed by atoms with Crippen molar-refractivity contribution in [1.82, 2.24) is 15.1 Å². The second-order valence-electron chi connectivity index (χ2n) is 8.40. The Morgan fingerprint density at radius 1 is 1.10 bits per heavy atom. The summed E-state index contributed by atoms with van der Waals surface area (Å²) in [5.41, 5.74) is 2.80. The van der Waals surface area contributed by atoms with Gasteiger partial charge >= 0.3 is 6.03 Å². The van der Waals surface area contributed by atoms with Crippen molar-refractivity contribution in [1.29, 1.82) is 0 Å². The zero-order valence-electron chi connectivity index (χ0n) is 18.2. The highest BCUT2D eigenvalue weighted by molar-refractivity contribution is 6.09. The van der Waals surface area contributed by atoms with Gasteiger partial charge in [0.05, 0.1) is 0 Å². The molecule has 0 aromatic heterocycles. The van der Waals surface area contributed by atoms with E-state index >= 15 is 0 Å². The molecule has 1 aliphatic rings. The van der Waals surface area contributed by atoms with E-state index in [4.69, 9.17) is 0 Å². The van der Waals surface area contributed by atoms with Crippen LogP contribution in [0.25, 0.3) is 0 Å². The van der Waals surface area contributed by atoms with E-state index in [-0.39, 0.29) is 12.5 Å². The Hall–Kier alpha value is -3.15. The van der Waals surface area contributed by atoms with Gasteiger partial charge in [0.25, 0.3) is 5.91 Å². The third-order valence-electron chi connectivity index (χ3n) is 5.82. The van der Waals surface area contributed by atoms with E-state index in [1.165, 1.54) is 4.90 Å². The summed E-state index contributed by atoms with van der Waals surface area (Å²) in [5.74, 6) is -0.331. The summed E-state index contributed by atoms with van der Waals surface area (Å²) in [6.07, 6.45) is 0. The summed E-state index contributed by atoms with van der Waals surface area (Å²) in [6.45, 7) is 8.00. The molecule has 158 valence electrons. The number of urea groups is 1. The molecule has 1 aliphatic heterocycles. The minimum Gasteiger partial charge on any atom is -0.340 e. The molecule has 1 N–H and O–H groups in total. The van der Waals surface area contributed by atoms with Crippen LogP contribution in [0.5, 0.6) is 0 Å². The van der Waals surface area contributed by atoms with Gasteiger partial charge in [0.15, 0.2) is 0 Å². The van der Waals surface area contributed by atoms with Crippen LogP contribution in [0.15, 0.2) is 48.5 Å². The van der Waals surface area contributed by atoms with E-state index in [0.29, 0.717) is 18.0 Å². The molecule has 1 saturated heterocycles. The average Bonchev–Trinajstić information content (AvgIpc) is 2.93. The van der Waals surface area contributed by atoms with Gasteiger partial charge in [-0.2, -0.15) is 0 Å². The predicted octanol–water partition coefficient (Wildman–Crippen LogP) is 3.54. The molecule has 4 amide bonds. The van der Waals surface area contributed by atoms with Gasteiger partial charge in [-0.3, -0.25) is 14.5 Å². The molecule has 6 heteroatoms. The van der Waals surface area contributed by atoms with Gasteiger partial charge in [-0.25, -0.2) is 4.79 Å². The van der Waals surface area contributed by atoms with Gasteiger partial charge in [0.2, 0.25) is 5.91 Å². The summed E-state index contributed by atoms with van der Waals surface area (Å²) in [6, 6.07) is 14.9. The monoisotopic (exact) mass is 407 g/mol. The van der Waals surface area contributed by atoms with Crippen molar-refractivity contribution < 1.29 is 14.4 Å². The smallest absolute Gasteiger partial charge is 0.325 e. The third-order valence-corrected chi connectivity index (χ3v) is 5.82. The molecule has 0 saturated carbocycles. The summed E-state index contributed by atoms with van der Waals surface area (Å²) in [5, 5.41) is 2.76. The van der Waals surface area contributed by atoms with Crippen molar-refractivity contribution >= 4 is 17.8 Å². The lowest BCUT2D eigenvalue weighted by atomic mass is 9.90. The molecule has 0 aliphatic carbocycles. The number of likely N-dealkylation sites (N-methyl/N-ethyl adjacent to an activating group) is 1. The molecule has 0 spiro atoms. The van der Waals surface area contributed by atoms with Crippen LogP contribution in [0.3, 0.4) is 0 Å². The molecule has 6 nitrogen and oxygen atoms in total. The number of aryl methyl sites for hydroxylation is 1. The second kappa shape index (κ2) is 8.30. The lowest BCUT2D eigenvalue weighted by molar-refractivity contribution is -0.138. The van der Waals surface area contributed by atoms with Crippen LogP contribution in [0.1, 0.15) is 48.9 Å². The van der Waals surface area contributed by atoms with Crippen molar-refractivity contribution in [3.8, 4) is 0 Å². The molecule has 1 atom stereocenters. The topological polar surface area (TPSA) is 69.7 Å². The first-order chi connectivity index (χ1) is 14.1. The van der Waals surface area contributed by atoms with Gasteiger partial charge < -0.3 is 10.2 Å². The van der Waals surface area contributed by atoms with Crippen LogP contribution in [-0.4, -0.2) is 41.2 Å². The molecule has 1 fully saturated rings. The molecule has 2 aromatic rings. The molecule has 1 heterocycles. The molecule has 30 heavy (non-hydrogen) atoms. The molecule has 0 bridgehead atoms. The van der Waals surface area contributed by atoms with Crippen LogP contribution in [-0.2, 0) is 21.7 Å². The number of hydrogen-bond donors (Lipinski definition) is 1. The first-order valence-corrected chi connectivity index (χ1v) is 10.2. The van der Waals surface area contributed by atoms with Crippen molar-refractivity contribution in [2.75, 3.05) is 13.6 Å². The van der Waals surface area contributed by atoms with E-state index in [0.717, 1.165) is 21.6 Å². The Kier molecular flexibility index (Phi) is 5.97. The minimum absolute atomic E-state index is 0.285. The number of carbonyl (C=O) groups is 3. The van der Waals surface area contributed by atoms with Crippen LogP contribution < -0.4 is 5.32 Å². The molecule has 0 radical (unpaired) electrons. The van der Waals surface area contributed by atoms with Crippen LogP contribution in [0.2, 0.25) is 0 Å². The van der Waals surface area contributed by atoms with E-state index in [2.05, 4.69) is 19.2 Å². The normalized spacial score (nSPS) is 18.7. The van der Waals surface area contributed by atoms with Crippen LogP contribution >= 0.6 is 0 Å². The molecule has 3 rings (SSSR count). The Morgan fingerprint density at radius 3 is 2.33 bits per heavy atom. The standard InChI is InChI=1S/C24H29N3O3/c1-16(2)18-10-12-20(13-11-18)24(4)22(29)27(23(30)25-24)15-21(28)26(5)14-19-9-7-6-8-17(19)3/h6-13,16H,14-15H2,1-5H3,(H,25,30). The Labute approximate surface area is 177 Å². The van der Waals surface area contributed by atoms with Crippen LogP contribution in [0.4, 0.5) is 4.79 Å². The maximum absolute atomic E-state index is 13.1. The first kappa shape index (κ1) is 21.6. The fourth-order valence-electron chi connectivity index (χ4n) is 3.62.